The first-order chi connectivity index (χ1) is 10.7. The van der Waals surface area contributed by atoms with Gasteiger partial charge in [-0.1, -0.05) is 0 Å². The molecule has 0 saturated heterocycles. The van der Waals surface area contributed by atoms with Crippen molar-refractivity contribution in [2.75, 3.05) is 12.4 Å². The van der Waals surface area contributed by atoms with Crippen LogP contribution in [-0.4, -0.2) is 42.4 Å². The minimum atomic E-state index is -0.295. The van der Waals surface area contributed by atoms with Crippen LogP contribution >= 0.6 is 0 Å². The minimum Gasteiger partial charge on any atom is -0.362 e. The molecule has 3 aromatic rings. The zero-order valence-corrected chi connectivity index (χ0v) is 12.0. The van der Waals surface area contributed by atoms with Gasteiger partial charge in [0.15, 0.2) is 5.69 Å². The van der Waals surface area contributed by atoms with Gasteiger partial charge in [-0.25, -0.2) is 4.68 Å². The monoisotopic (exact) mass is 301 g/mol. The molecule has 22 heavy (non-hydrogen) atoms. The predicted octanol–water partition coefficient (Wildman–Crippen LogP) is 0.638. The molecule has 3 heterocycles. The lowest BCUT2D eigenvalue weighted by atomic mass is 10.4. The summed E-state index contributed by atoms with van der Waals surface area (Å²) in [4.78, 5) is 12.1. The number of carbonyl (C=O) groups excluding carboxylic acids is 1. The van der Waals surface area contributed by atoms with Gasteiger partial charge < -0.3 is 10.1 Å². The summed E-state index contributed by atoms with van der Waals surface area (Å²) in [7, 11) is 1.58. The molecule has 3 rings (SSSR count). The van der Waals surface area contributed by atoms with E-state index in [2.05, 4.69) is 20.6 Å². The van der Waals surface area contributed by atoms with Crippen LogP contribution in [0.1, 0.15) is 10.5 Å². The number of nitrogens with zero attached hydrogens (tertiary/aromatic N) is 6. The van der Waals surface area contributed by atoms with Gasteiger partial charge in [-0.05, 0) is 12.1 Å². The quantitative estimate of drug-likeness (QED) is 0.721. The molecular formula is C13H15N7O2. The van der Waals surface area contributed by atoms with E-state index in [9.17, 15) is 4.79 Å². The number of methoxy groups -OCH3 is 1. The summed E-state index contributed by atoms with van der Waals surface area (Å²) in [5.41, 5.74) is 0.912. The van der Waals surface area contributed by atoms with E-state index < -0.39 is 0 Å². The Bertz CT molecular complexity index is 744. The smallest absolute Gasteiger partial charge is 0.276 e. The third-order valence-electron chi connectivity index (χ3n) is 2.87. The number of amides is 1. The zero-order chi connectivity index (χ0) is 15.4. The standard InChI is InChI=1S/C13H15N7O2/c1-22-10-20-8-11(7-15-20)16-13(21)12-3-6-19(17-12)9-18-5-2-4-14-18/h2-8H,9-10H2,1H3,(H,16,21). The Balaban J connectivity index is 1.63. The van der Waals surface area contributed by atoms with Gasteiger partial charge in [-0.15, -0.1) is 0 Å². The van der Waals surface area contributed by atoms with Crippen LogP contribution in [0.5, 0.6) is 0 Å². The fraction of sp³-hybridized carbons (Fsp3) is 0.231. The van der Waals surface area contributed by atoms with E-state index in [0.29, 0.717) is 24.8 Å². The Morgan fingerprint density at radius 1 is 1.27 bits per heavy atom. The number of rotatable bonds is 6. The number of ether oxygens (including phenoxy) is 1. The van der Waals surface area contributed by atoms with Gasteiger partial charge in [0.05, 0.1) is 18.1 Å². The first kappa shape index (κ1) is 14.0. The highest BCUT2D eigenvalue weighted by Crippen LogP contribution is 2.07. The van der Waals surface area contributed by atoms with E-state index in [1.54, 1.807) is 52.0 Å². The Labute approximate surface area is 126 Å². The second-order valence-corrected chi connectivity index (χ2v) is 4.57. The van der Waals surface area contributed by atoms with Crippen LogP contribution in [0.4, 0.5) is 5.69 Å². The van der Waals surface area contributed by atoms with E-state index in [1.807, 2.05) is 12.3 Å². The summed E-state index contributed by atoms with van der Waals surface area (Å²) in [5.74, 6) is -0.295. The highest BCUT2D eigenvalue weighted by molar-refractivity contribution is 6.02. The van der Waals surface area contributed by atoms with Gasteiger partial charge in [0.1, 0.15) is 13.4 Å². The molecule has 9 heteroatoms. The summed E-state index contributed by atoms with van der Waals surface area (Å²) in [6, 6.07) is 3.48. The summed E-state index contributed by atoms with van der Waals surface area (Å²) in [6.45, 7) is 0.778. The fourth-order valence-corrected chi connectivity index (χ4v) is 1.92. The van der Waals surface area contributed by atoms with Gasteiger partial charge in [-0.2, -0.15) is 15.3 Å². The number of carbonyl (C=O) groups is 1. The number of hydrogen-bond donors (Lipinski definition) is 1. The van der Waals surface area contributed by atoms with Crippen LogP contribution in [0.15, 0.2) is 43.1 Å². The summed E-state index contributed by atoms with van der Waals surface area (Å²) < 4.78 is 9.87. The third kappa shape index (κ3) is 3.20. The first-order valence-corrected chi connectivity index (χ1v) is 6.58. The molecular weight excluding hydrogens is 286 g/mol. The van der Waals surface area contributed by atoms with Crippen molar-refractivity contribution in [1.82, 2.24) is 29.3 Å². The molecule has 1 amide bonds. The molecule has 0 bridgehead atoms. The SMILES string of the molecule is COCn1cc(NC(=O)c2ccn(Cn3cccn3)n2)cn1. The van der Waals surface area contributed by atoms with Crippen molar-refractivity contribution < 1.29 is 9.53 Å². The Kier molecular flexibility index (Phi) is 3.97. The van der Waals surface area contributed by atoms with E-state index in [1.165, 1.54) is 0 Å². The van der Waals surface area contributed by atoms with Crippen molar-refractivity contribution in [1.29, 1.82) is 0 Å². The van der Waals surface area contributed by atoms with Gasteiger partial charge in [0, 0.05) is 25.7 Å². The second-order valence-electron chi connectivity index (χ2n) is 4.57. The molecule has 0 spiro atoms. The van der Waals surface area contributed by atoms with Gasteiger partial charge >= 0.3 is 0 Å². The van der Waals surface area contributed by atoms with Crippen molar-refractivity contribution in [3.8, 4) is 0 Å². The third-order valence-corrected chi connectivity index (χ3v) is 2.87. The largest absolute Gasteiger partial charge is 0.362 e. The lowest BCUT2D eigenvalue weighted by Gasteiger charge is -2.01. The maximum absolute atomic E-state index is 12.1. The molecule has 0 aliphatic rings. The van der Waals surface area contributed by atoms with Crippen LogP contribution in [0, 0.1) is 0 Å². The summed E-state index contributed by atoms with van der Waals surface area (Å²) >= 11 is 0. The van der Waals surface area contributed by atoms with E-state index in [0.717, 1.165) is 0 Å². The van der Waals surface area contributed by atoms with E-state index in [-0.39, 0.29) is 5.91 Å². The molecule has 0 atom stereocenters. The maximum atomic E-state index is 12.1. The Hall–Kier alpha value is -2.94. The normalized spacial score (nSPS) is 10.8. The van der Waals surface area contributed by atoms with Gasteiger partial charge in [0.2, 0.25) is 0 Å². The van der Waals surface area contributed by atoms with Crippen LogP contribution in [-0.2, 0) is 18.1 Å². The summed E-state index contributed by atoms with van der Waals surface area (Å²) in [5, 5.41) is 15.1. The number of nitrogens with one attached hydrogen (secondary N) is 1. The number of anilines is 1. The molecule has 1 N–H and O–H groups in total. The van der Waals surface area contributed by atoms with Crippen LogP contribution in [0.2, 0.25) is 0 Å². The van der Waals surface area contributed by atoms with Crippen LogP contribution < -0.4 is 5.32 Å². The van der Waals surface area contributed by atoms with Crippen molar-refractivity contribution in [3.63, 3.8) is 0 Å². The van der Waals surface area contributed by atoms with Crippen molar-refractivity contribution in [3.05, 3.63) is 48.8 Å². The molecule has 0 aliphatic heterocycles. The fourth-order valence-electron chi connectivity index (χ4n) is 1.92. The van der Waals surface area contributed by atoms with Crippen molar-refractivity contribution in [2.24, 2.45) is 0 Å². The average molecular weight is 301 g/mol. The van der Waals surface area contributed by atoms with Crippen molar-refractivity contribution in [2.45, 2.75) is 13.4 Å². The molecule has 114 valence electrons. The number of hydrogen-bond acceptors (Lipinski definition) is 5. The highest BCUT2D eigenvalue weighted by Gasteiger charge is 2.11. The maximum Gasteiger partial charge on any atom is 0.276 e. The lowest BCUT2D eigenvalue weighted by molar-refractivity contribution is 0.102. The minimum absolute atomic E-state index is 0.295. The molecule has 0 saturated carbocycles. The Morgan fingerprint density at radius 3 is 2.95 bits per heavy atom. The second kappa shape index (κ2) is 6.22. The lowest BCUT2D eigenvalue weighted by Crippen LogP contribution is -2.14. The molecule has 0 fully saturated rings. The predicted molar refractivity (Wildman–Crippen MR) is 77.0 cm³/mol. The average Bonchev–Trinajstić information content (AvgIpc) is 3.22. The number of aromatic nitrogens is 6. The molecule has 0 aromatic carbocycles. The Morgan fingerprint density at radius 2 is 2.18 bits per heavy atom. The molecule has 0 unspecified atom stereocenters. The van der Waals surface area contributed by atoms with Crippen molar-refractivity contribution >= 4 is 11.6 Å². The topological polar surface area (TPSA) is 91.8 Å². The summed E-state index contributed by atoms with van der Waals surface area (Å²) in [6.07, 6.45) is 8.48. The van der Waals surface area contributed by atoms with E-state index >= 15 is 0 Å². The molecule has 3 aromatic heterocycles. The molecule has 0 aliphatic carbocycles. The highest BCUT2D eigenvalue weighted by atomic mass is 16.5. The van der Waals surface area contributed by atoms with Gasteiger partial charge in [-0.3, -0.25) is 14.2 Å². The van der Waals surface area contributed by atoms with Gasteiger partial charge in [0.25, 0.3) is 5.91 Å². The van der Waals surface area contributed by atoms with Crippen LogP contribution in [0.3, 0.4) is 0 Å². The van der Waals surface area contributed by atoms with E-state index in [4.69, 9.17) is 4.74 Å². The zero-order valence-electron chi connectivity index (χ0n) is 12.0. The van der Waals surface area contributed by atoms with Crippen LogP contribution in [0.25, 0.3) is 0 Å². The first-order valence-electron chi connectivity index (χ1n) is 6.58. The molecule has 9 nitrogen and oxygen atoms in total. The molecule has 0 radical (unpaired) electrons.